The van der Waals surface area contributed by atoms with Gasteiger partial charge < -0.3 is 31.3 Å². The van der Waals surface area contributed by atoms with Gasteiger partial charge in [-0.2, -0.15) is 0 Å². The van der Waals surface area contributed by atoms with Crippen molar-refractivity contribution in [2.45, 2.75) is 31.7 Å². The third-order valence-corrected chi connectivity index (χ3v) is 1.51. The van der Waals surface area contributed by atoms with Gasteiger partial charge in [-0.05, 0) is 32.2 Å². The second-order valence-electron chi connectivity index (χ2n) is 3.07. The molecular weight excluding hydrogens is 223 g/mol. The summed E-state index contributed by atoms with van der Waals surface area (Å²) in [6, 6.07) is 0.232. The van der Waals surface area contributed by atoms with Crippen LogP contribution < -0.4 is 11.5 Å². The van der Waals surface area contributed by atoms with Crippen LogP contribution in [0.25, 0.3) is 0 Å². The Morgan fingerprint density at radius 2 is 1.53 bits per heavy atom. The molecule has 0 bridgehead atoms. The Balaban J connectivity index is 0. The van der Waals surface area contributed by atoms with Crippen LogP contribution in [0.3, 0.4) is 0 Å². The molecule has 94 valence electrons. The van der Waals surface area contributed by atoms with Gasteiger partial charge in [0.15, 0.2) is 0 Å². The zero-order valence-electron chi connectivity index (χ0n) is 8.62. The first-order valence-electron chi connectivity index (χ1n) is 4.66. The van der Waals surface area contributed by atoms with Crippen LogP contribution in [-0.2, 0) is 4.57 Å². The van der Waals surface area contributed by atoms with E-state index in [9.17, 15) is 0 Å². The maximum Gasteiger partial charge on any atom is 0.466 e. The average Bonchev–Trinajstić information content (AvgIpc) is 2.08. The Bertz CT molecular complexity index is 158. The second kappa shape index (κ2) is 10.5. The van der Waals surface area contributed by atoms with E-state index in [1.165, 1.54) is 0 Å². The molecule has 1 atom stereocenters. The standard InChI is InChI=1S/C7H18N2O.H3O4P/c8-5-1-3-7(9)4-2-6-10;1-5(2,3)4/h7,10H,1-6,8-9H2;(H3,1,2,3,4). The van der Waals surface area contributed by atoms with Crippen molar-refractivity contribution in [3.05, 3.63) is 0 Å². The Hall–Kier alpha value is -0.0100. The van der Waals surface area contributed by atoms with Gasteiger partial charge in [-0.25, -0.2) is 4.57 Å². The van der Waals surface area contributed by atoms with Gasteiger partial charge in [0, 0.05) is 12.6 Å². The van der Waals surface area contributed by atoms with E-state index in [-0.39, 0.29) is 12.6 Å². The molecule has 0 aliphatic heterocycles. The minimum atomic E-state index is -4.64. The van der Waals surface area contributed by atoms with E-state index in [2.05, 4.69) is 0 Å². The second-order valence-corrected chi connectivity index (χ2v) is 4.10. The lowest BCUT2D eigenvalue weighted by Crippen LogP contribution is -2.21. The Morgan fingerprint density at radius 3 is 1.87 bits per heavy atom. The molecule has 0 aromatic heterocycles. The molecule has 0 saturated carbocycles. The zero-order valence-corrected chi connectivity index (χ0v) is 9.51. The molecule has 7 nitrogen and oxygen atoms in total. The number of aliphatic hydroxyl groups excluding tert-OH is 1. The van der Waals surface area contributed by atoms with Gasteiger partial charge in [-0.1, -0.05) is 0 Å². The normalized spacial score (nSPS) is 12.9. The van der Waals surface area contributed by atoms with Crippen LogP contribution >= 0.6 is 7.82 Å². The van der Waals surface area contributed by atoms with Crippen molar-refractivity contribution in [3.8, 4) is 0 Å². The monoisotopic (exact) mass is 244 g/mol. The van der Waals surface area contributed by atoms with Crippen LogP contribution in [0.15, 0.2) is 0 Å². The molecule has 0 aliphatic rings. The summed E-state index contributed by atoms with van der Waals surface area (Å²) in [6.45, 7) is 0.961. The molecule has 0 spiro atoms. The van der Waals surface area contributed by atoms with Crippen molar-refractivity contribution in [2.24, 2.45) is 11.5 Å². The number of nitrogens with two attached hydrogens (primary N) is 2. The van der Waals surface area contributed by atoms with Gasteiger partial charge >= 0.3 is 7.82 Å². The summed E-state index contributed by atoms with van der Waals surface area (Å²) in [5.74, 6) is 0. The van der Waals surface area contributed by atoms with Crippen LogP contribution in [0.4, 0.5) is 0 Å². The molecule has 0 fully saturated rings. The lowest BCUT2D eigenvalue weighted by Gasteiger charge is -2.08. The molecule has 1 unspecified atom stereocenters. The zero-order chi connectivity index (χ0) is 12.3. The molecule has 8 N–H and O–H groups in total. The van der Waals surface area contributed by atoms with Gasteiger partial charge in [0.25, 0.3) is 0 Å². The lowest BCUT2D eigenvalue weighted by atomic mass is 10.1. The Kier molecular flexibility index (Phi) is 12.2. The molecule has 0 heterocycles. The Morgan fingerprint density at radius 1 is 1.13 bits per heavy atom. The predicted molar refractivity (Wildman–Crippen MR) is 56.8 cm³/mol. The van der Waals surface area contributed by atoms with Crippen LogP contribution in [0.5, 0.6) is 0 Å². The summed E-state index contributed by atoms with van der Waals surface area (Å²) in [6.07, 6.45) is 3.70. The fourth-order valence-electron chi connectivity index (χ4n) is 0.878. The highest BCUT2D eigenvalue weighted by molar-refractivity contribution is 7.45. The number of phosphoric acid groups is 1. The quantitative estimate of drug-likeness (QED) is 0.324. The maximum atomic E-state index is 8.88. The van der Waals surface area contributed by atoms with Crippen LogP contribution in [0.2, 0.25) is 0 Å². The third-order valence-electron chi connectivity index (χ3n) is 1.51. The van der Waals surface area contributed by atoms with Crippen molar-refractivity contribution in [3.63, 3.8) is 0 Å². The topological polar surface area (TPSA) is 150 Å². The fraction of sp³-hybridized carbons (Fsp3) is 1.00. The molecule has 0 aromatic rings. The van der Waals surface area contributed by atoms with Crippen molar-refractivity contribution >= 4 is 7.82 Å². The summed E-state index contributed by atoms with van der Waals surface area (Å²) < 4.78 is 8.88. The lowest BCUT2D eigenvalue weighted by molar-refractivity contribution is 0.275. The van der Waals surface area contributed by atoms with Gasteiger partial charge in [0.2, 0.25) is 0 Å². The van der Waals surface area contributed by atoms with Crippen molar-refractivity contribution in [1.29, 1.82) is 0 Å². The van der Waals surface area contributed by atoms with Crippen LogP contribution in [-0.4, -0.2) is 39.0 Å². The molecule has 8 heteroatoms. The smallest absolute Gasteiger partial charge is 0.396 e. The van der Waals surface area contributed by atoms with Crippen LogP contribution in [0.1, 0.15) is 25.7 Å². The van der Waals surface area contributed by atoms with E-state index < -0.39 is 7.82 Å². The first-order valence-corrected chi connectivity index (χ1v) is 6.22. The van der Waals surface area contributed by atoms with E-state index in [0.717, 1.165) is 25.7 Å². The first kappa shape index (κ1) is 17.4. The van der Waals surface area contributed by atoms with E-state index in [1.807, 2.05) is 0 Å². The number of hydrogen-bond donors (Lipinski definition) is 6. The third kappa shape index (κ3) is 31.5. The summed E-state index contributed by atoms with van der Waals surface area (Å²) in [4.78, 5) is 21.6. The SMILES string of the molecule is NCCCC(N)CCCO.O=P(O)(O)O. The minimum Gasteiger partial charge on any atom is -0.396 e. The highest BCUT2D eigenvalue weighted by Gasteiger charge is 2.00. The van der Waals surface area contributed by atoms with Crippen molar-refractivity contribution < 1.29 is 24.4 Å². The Labute approximate surface area is 89.3 Å². The number of aliphatic hydroxyl groups is 1. The average molecular weight is 244 g/mol. The predicted octanol–water partition coefficient (Wildman–Crippen LogP) is -1.10. The molecule has 0 aromatic carbocycles. The van der Waals surface area contributed by atoms with Crippen molar-refractivity contribution in [2.75, 3.05) is 13.2 Å². The van der Waals surface area contributed by atoms with Gasteiger partial charge in [0.05, 0.1) is 0 Å². The largest absolute Gasteiger partial charge is 0.466 e. The molecule has 0 saturated heterocycles. The molecule has 0 radical (unpaired) electrons. The summed E-state index contributed by atoms with van der Waals surface area (Å²) in [5.41, 5.74) is 11.0. The summed E-state index contributed by atoms with van der Waals surface area (Å²) in [5, 5.41) is 8.46. The van der Waals surface area contributed by atoms with E-state index in [1.54, 1.807) is 0 Å². The molecule has 0 rings (SSSR count). The first-order chi connectivity index (χ1) is 6.81. The number of hydrogen-bond acceptors (Lipinski definition) is 4. The van der Waals surface area contributed by atoms with Gasteiger partial charge in [-0.3, -0.25) is 0 Å². The van der Waals surface area contributed by atoms with Crippen LogP contribution in [0, 0.1) is 0 Å². The van der Waals surface area contributed by atoms with E-state index in [0.29, 0.717) is 6.54 Å². The highest BCUT2D eigenvalue weighted by atomic mass is 31.2. The summed E-state index contributed by atoms with van der Waals surface area (Å²) in [7, 11) is -4.64. The molecular formula is C7H21N2O5P. The molecule has 15 heavy (non-hydrogen) atoms. The fourth-order valence-corrected chi connectivity index (χ4v) is 0.878. The van der Waals surface area contributed by atoms with E-state index in [4.69, 9.17) is 35.8 Å². The molecule has 0 amide bonds. The summed E-state index contributed by atoms with van der Waals surface area (Å²) >= 11 is 0. The molecule has 0 aliphatic carbocycles. The maximum absolute atomic E-state index is 8.88. The highest BCUT2D eigenvalue weighted by Crippen LogP contribution is 2.25. The number of rotatable bonds is 6. The minimum absolute atomic E-state index is 0.232. The van der Waals surface area contributed by atoms with Gasteiger partial charge in [-0.15, -0.1) is 0 Å². The van der Waals surface area contributed by atoms with Crippen molar-refractivity contribution in [1.82, 2.24) is 0 Å². The van der Waals surface area contributed by atoms with Gasteiger partial charge in [0.1, 0.15) is 0 Å². The van der Waals surface area contributed by atoms with E-state index >= 15 is 0 Å².